The van der Waals surface area contributed by atoms with Gasteiger partial charge in [-0.1, -0.05) is 67.6 Å². The van der Waals surface area contributed by atoms with Crippen molar-refractivity contribution in [1.82, 2.24) is 39.4 Å². The van der Waals surface area contributed by atoms with Crippen LogP contribution in [0.2, 0.25) is 0 Å². The molecule has 119 heavy (non-hydrogen) atoms. The van der Waals surface area contributed by atoms with Gasteiger partial charge in [-0.2, -0.15) is 8.78 Å². The van der Waals surface area contributed by atoms with E-state index >= 15 is 0 Å². The third-order valence-corrected chi connectivity index (χ3v) is 17.5. The Kier molecular flexibility index (Phi) is 37.0. The number of methoxy groups -OCH3 is 3. The normalized spacial score (nSPS) is 19.6. The molecule has 10 rings (SSSR count). The van der Waals surface area contributed by atoms with Crippen molar-refractivity contribution in [3.05, 3.63) is 175 Å². The number of pyridine rings is 2. The lowest BCUT2D eigenvalue weighted by Gasteiger charge is -2.39. The number of Topliss-reactive ketones (excluding diaryl/α,β-unsaturated/α-hetero) is 1. The Morgan fingerprint density at radius 1 is 0.471 bits per heavy atom. The number of ketones is 1. The Morgan fingerprint density at radius 2 is 0.857 bits per heavy atom. The Bertz CT molecular complexity index is 4360. The molecule has 4 unspecified atom stereocenters. The van der Waals surface area contributed by atoms with Crippen LogP contribution < -0.4 is 33.1 Å². The first kappa shape index (κ1) is 101. The van der Waals surface area contributed by atoms with Gasteiger partial charge in [0.2, 0.25) is 5.78 Å². The van der Waals surface area contributed by atoms with Gasteiger partial charge in [0.1, 0.15) is 51.2 Å². The van der Waals surface area contributed by atoms with E-state index in [4.69, 9.17) is 24.7 Å². The summed E-state index contributed by atoms with van der Waals surface area (Å²) in [5, 5.41) is 5.49. The van der Waals surface area contributed by atoms with E-state index < -0.39 is 174 Å². The molecule has 28 nitrogen and oxygen atoms in total. The molecular formula is C81H109F10N9O19. The van der Waals surface area contributed by atoms with Gasteiger partial charge in [-0.15, -0.1) is 0 Å². The number of hydrogen-bond acceptors (Lipinski definition) is 22. The van der Waals surface area contributed by atoms with E-state index in [1.165, 1.54) is 67.7 Å². The number of ether oxygens (including phenoxy) is 7. The number of nitrogens with one attached hydrogen (secondary N) is 2. The van der Waals surface area contributed by atoms with E-state index in [0.29, 0.717) is 13.1 Å². The minimum absolute atomic E-state index is 0.00403. The van der Waals surface area contributed by atoms with Crippen molar-refractivity contribution in [2.45, 2.75) is 211 Å². The van der Waals surface area contributed by atoms with Gasteiger partial charge in [0.25, 0.3) is 34.8 Å². The van der Waals surface area contributed by atoms with Crippen LogP contribution >= 0.6 is 0 Å². The van der Waals surface area contributed by atoms with Crippen LogP contribution in [0.25, 0.3) is 0 Å². The average molecular weight is 1700 g/mol. The van der Waals surface area contributed by atoms with Crippen molar-refractivity contribution >= 4 is 48.1 Å². The van der Waals surface area contributed by atoms with Crippen LogP contribution in [0.1, 0.15) is 176 Å². The molecule has 0 bridgehead atoms. The van der Waals surface area contributed by atoms with Gasteiger partial charge >= 0.3 is 53.8 Å². The van der Waals surface area contributed by atoms with Gasteiger partial charge in [-0.3, -0.25) is 14.4 Å². The van der Waals surface area contributed by atoms with Crippen molar-refractivity contribution in [2.24, 2.45) is 5.73 Å². The van der Waals surface area contributed by atoms with E-state index in [-0.39, 0.29) is 75.0 Å². The Hall–Kier alpha value is -10.4. The second-order valence-electron chi connectivity index (χ2n) is 31.8. The molecule has 0 saturated carbocycles. The highest BCUT2D eigenvalue weighted by Gasteiger charge is 2.51. The van der Waals surface area contributed by atoms with Gasteiger partial charge in [-0.05, 0) is 169 Å². The van der Waals surface area contributed by atoms with E-state index in [0.717, 1.165) is 54.9 Å². The molecule has 5 aliphatic rings. The number of nitrogens with zero attached hydrogens (tertiary/aromatic N) is 6. The van der Waals surface area contributed by atoms with E-state index in [9.17, 15) is 96.6 Å². The molecule has 5 aliphatic heterocycles. The summed E-state index contributed by atoms with van der Waals surface area (Å²) < 4.78 is 178. The van der Waals surface area contributed by atoms with Crippen LogP contribution in [-0.4, -0.2) is 228 Å². The Morgan fingerprint density at radius 3 is 1.24 bits per heavy atom. The fourth-order valence-electron chi connectivity index (χ4n) is 11.6. The predicted octanol–water partition coefficient (Wildman–Crippen LogP) is 12.8. The topological polar surface area (TPSA) is 338 Å². The maximum absolute atomic E-state index is 14.7. The van der Waals surface area contributed by atoms with Crippen LogP contribution in [0.4, 0.5) is 63.1 Å². The van der Waals surface area contributed by atoms with E-state index in [1.54, 1.807) is 83.1 Å². The maximum atomic E-state index is 14.7. The van der Waals surface area contributed by atoms with E-state index in [1.807, 2.05) is 36.4 Å². The number of nitrogens with two attached hydrogens (primary N) is 1. The number of halogens is 10. The Balaban J connectivity index is 0.000000299. The zero-order valence-electron chi connectivity index (χ0n) is 69.6. The molecule has 0 spiro atoms. The summed E-state index contributed by atoms with van der Waals surface area (Å²) in [5.41, 5.74) is 1.83. The van der Waals surface area contributed by atoms with Crippen molar-refractivity contribution in [3.63, 3.8) is 0 Å². The van der Waals surface area contributed by atoms with Gasteiger partial charge in [0.05, 0.1) is 72.4 Å². The summed E-state index contributed by atoms with van der Waals surface area (Å²) in [6.45, 7) is 20.0. The number of carbonyl (C=O) groups is 8. The van der Waals surface area contributed by atoms with Gasteiger partial charge < -0.3 is 82.7 Å². The second-order valence-corrected chi connectivity index (χ2v) is 31.8. The van der Waals surface area contributed by atoms with Crippen molar-refractivity contribution < 1.29 is 120 Å². The first-order valence-electron chi connectivity index (χ1n) is 37.9. The number of benzene rings is 2. The minimum atomic E-state index is -3.45. The number of carbonyl (C=O) groups excluding carboxylic acids is 8. The van der Waals surface area contributed by atoms with Gasteiger partial charge in [-0.25, -0.2) is 73.5 Å². The molecule has 38 heteroatoms. The molecule has 4 atom stereocenters. The number of aromatic nitrogens is 2. The zero-order valence-corrected chi connectivity index (χ0v) is 69.6. The quantitative estimate of drug-likeness (QED) is 0.0701. The standard InChI is InChI=1S/C17H22F2N2O5.C17H24F2N2O2.C12H14F2N2O3.C10H18F2N2O2.C10H15F2NO3.C8H10.C7H6O4/c1-16(2,3)26-15(24)20-9-7-12(17(18,19)10-20)21-8-5-6-11(13(21)22)14(23)25-4;1-16(2,3)23-15(22)21-10-9-14(17(18,19)12-21)20-11-13-7-5-4-6-8-13;1-19-11(18)8-3-2-6-16(10(8)17)9-4-5-15-7-12(9,13)14;1-9(2,3)16-8(15)14-5-4-7(13)10(11,12)6-14;1-9(2,3)16-8(15)13-5-4-7(14)10(11,12)6-13;1-2-8-6-4-3-5-7-8;1-10-6(8)5-3-2-4-11-7(5)9/h5-6,8,12H,7,9-10H2,1-4H3;4-8,14,20H,9-12H2,1-3H3;2-3,6,9,15H,4-5,7H2,1H3;7H,4-6,13H2,1-3H3;4-6H2,1-3H3;3-7H,2H2,1H3;2-4H,1H3. The molecule has 5 saturated heterocycles. The van der Waals surface area contributed by atoms with Gasteiger partial charge in [0.15, 0.2) is 0 Å². The fraction of sp³-hybridized carbons (Fsp3) is 0.568. The molecule has 0 radical (unpaired) electrons. The summed E-state index contributed by atoms with van der Waals surface area (Å²) in [5.74, 6) is -19.4. The summed E-state index contributed by atoms with van der Waals surface area (Å²) in [4.78, 5) is 131. The molecule has 4 N–H and O–H groups in total. The molecule has 5 aromatic rings. The SMILES string of the molecule is CC(C)(C)OC(=O)N1CCC(=O)C(F)(F)C1.CC(C)(C)OC(=O)N1CCC(N)C(F)(F)C1.CC(C)(C)OC(=O)N1CCC(NCc2ccccc2)C(F)(F)C1.CCc1ccccc1.COC(=O)c1cccn(C2CCN(C(=O)OC(C)(C)C)CC2(F)F)c1=O.COC(=O)c1cccn(C2CCNCC2(F)F)c1=O.COC(=O)c1cccoc1=O. The monoisotopic (exact) mass is 1700 g/mol. The number of esters is 3. The predicted molar refractivity (Wildman–Crippen MR) is 416 cm³/mol. The second kappa shape index (κ2) is 43.6. The van der Waals surface area contributed by atoms with Gasteiger partial charge in [0, 0.05) is 51.5 Å². The van der Waals surface area contributed by atoms with Crippen molar-refractivity contribution in [3.8, 4) is 0 Å². The zero-order chi connectivity index (χ0) is 90.0. The summed E-state index contributed by atoms with van der Waals surface area (Å²) in [6.07, 6.45) is 1.72. The third kappa shape index (κ3) is 32.7. The number of likely N-dealkylation sites (tertiary alicyclic amines) is 4. The molecule has 4 amide bonds. The number of piperidine rings is 5. The van der Waals surface area contributed by atoms with Crippen LogP contribution in [-0.2, 0) is 50.9 Å². The van der Waals surface area contributed by atoms with Crippen LogP contribution in [0.15, 0.2) is 135 Å². The van der Waals surface area contributed by atoms with Crippen LogP contribution in [0, 0.1) is 0 Å². The first-order chi connectivity index (χ1) is 55.0. The summed E-state index contributed by atoms with van der Waals surface area (Å²) in [6, 6.07) is 23.1. The number of aryl methyl sites for hydroxylation is 1. The molecule has 2 aromatic carbocycles. The molecular weight excluding hydrogens is 1590 g/mol. The van der Waals surface area contributed by atoms with Crippen molar-refractivity contribution in [1.29, 1.82) is 0 Å². The summed E-state index contributed by atoms with van der Waals surface area (Å²) in [7, 11) is 3.44. The highest BCUT2D eigenvalue weighted by atomic mass is 19.3. The average Bonchev–Trinajstić information content (AvgIpc) is 0.812. The molecule has 662 valence electrons. The molecule has 3 aromatic heterocycles. The number of alkyl halides is 10. The van der Waals surface area contributed by atoms with Crippen LogP contribution in [0.5, 0.6) is 0 Å². The lowest BCUT2D eigenvalue weighted by atomic mass is 10.00. The highest BCUT2D eigenvalue weighted by molar-refractivity contribution is 5.90. The fourth-order valence-corrected chi connectivity index (χ4v) is 11.6. The Labute approximate surface area is 683 Å². The van der Waals surface area contributed by atoms with Crippen LogP contribution in [0.3, 0.4) is 0 Å². The number of hydrogen-bond donors (Lipinski definition) is 3. The summed E-state index contributed by atoms with van der Waals surface area (Å²) >= 11 is 0. The highest BCUT2D eigenvalue weighted by Crippen LogP contribution is 2.38. The first-order valence-corrected chi connectivity index (χ1v) is 37.9. The number of rotatable bonds is 9. The molecule has 0 aliphatic carbocycles. The lowest BCUT2D eigenvalue weighted by molar-refractivity contribution is -0.150. The largest absolute Gasteiger partial charge is 0.465 e. The third-order valence-electron chi connectivity index (χ3n) is 17.5. The molecule has 5 fully saturated rings. The smallest absolute Gasteiger partial charge is 0.410 e. The molecule has 8 heterocycles. The van der Waals surface area contributed by atoms with E-state index in [2.05, 4.69) is 60.5 Å². The number of amides is 4. The lowest BCUT2D eigenvalue weighted by Crippen LogP contribution is -2.58. The maximum Gasteiger partial charge on any atom is 0.410 e. The van der Waals surface area contributed by atoms with Crippen molar-refractivity contribution in [2.75, 3.05) is 86.8 Å². The minimum Gasteiger partial charge on any atom is -0.465 e.